The van der Waals surface area contributed by atoms with Crippen molar-refractivity contribution in [3.05, 3.63) is 65.2 Å². The van der Waals surface area contributed by atoms with Crippen LogP contribution in [0.1, 0.15) is 66.3 Å². The van der Waals surface area contributed by atoms with Crippen molar-refractivity contribution in [2.75, 3.05) is 38.0 Å². The first-order valence-corrected chi connectivity index (χ1v) is 13.2. The van der Waals surface area contributed by atoms with Gasteiger partial charge in [-0.1, -0.05) is 45.4 Å². The highest BCUT2D eigenvalue weighted by Crippen LogP contribution is 2.41. The molecule has 1 heterocycles. The summed E-state index contributed by atoms with van der Waals surface area (Å²) in [5.41, 5.74) is 0.159. The summed E-state index contributed by atoms with van der Waals surface area (Å²) in [4.78, 5) is 41.3. The predicted molar refractivity (Wildman–Crippen MR) is 145 cm³/mol. The highest BCUT2D eigenvalue weighted by atomic mass is 19.4. The topological polar surface area (TPSA) is 81.8 Å². The lowest BCUT2D eigenvalue weighted by Gasteiger charge is -2.35. The molecule has 0 bridgehead atoms. The fourth-order valence-electron chi connectivity index (χ4n) is 4.25. The minimum atomic E-state index is -4.46. The lowest BCUT2D eigenvalue weighted by molar-refractivity contribution is -0.210. The Morgan fingerprint density at radius 3 is 2.21 bits per heavy atom. The average Bonchev–Trinajstić information content (AvgIpc) is 2.88. The highest BCUT2D eigenvalue weighted by Gasteiger charge is 2.48. The summed E-state index contributed by atoms with van der Waals surface area (Å²) < 4.78 is 39.6. The van der Waals surface area contributed by atoms with Crippen molar-refractivity contribution in [2.24, 2.45) is 5.41 Å². The van der Waals surface area contributed by atoms with Crippen LogP contribution in [0.2, 0.25) is 0 Å². The molecule has 0 radical (unpaired) electrons. The molecule has 0 aromatic heterocycles. The minimum absolute atomic E-state index is 0.0894. The number of nitrogens with zero attached hydrogens (tertiary/aromatic N) is 2. The van der Waals surface area contributed by atoms with Crippen molar-refractivity contribution in [1.82, 2.24) is 15.1 Å². The Balaban J connectivity index is 1.50. The van der Waals surface area contributed by atoms with Crippen molar-refractivity contribution in [1.29, 1.82) is 0 Å². The molecule has 7 nitrogen and oxygen atoms in total. The number of unbranched alkanes of at least 4 members (excludes halogenated alkanes) is 1. The van der Waals surface area contributed by atoms with Crippen LogP contribution in [0.4, 0.5) is 23.7 Å². The van der Waals surface area contributed by atoms with Crippen LogP contribution in [0.25, 0.3) is 0 Å². The first kappa shape index (κ1) is 30.1. The molecule has 1 saturated heterocycles. The van der Waals surface area contributed by atoms with Crippen molar-refractivity contribution in [3.8, 4) is 0 Å². The van der Waals surface area contributed by atoms with Gasteiger partial charge in [0.1, 0.15) is 0 Å². The van der Waals surface area contributed by atoms with Crippen LogP contribution in [-0.4, -0.2) is 66.4 Å². The number of ketones is 1. The SMILES string of the molecule is CCCCNC(=O)Nc1ccc(C(=O)N2CCN(Cc3cccc(C(=O)CC(C)(C)C(F)(F)F)c3)CC2)cc1. The van der Waals surface area contributed by atoms with Gasteiger partial charge in [-0.2, -0.15) is 13.2 Å². The second-order valence-corrected chi connectivity index (χ2v) is 10.6. The summed E-state index contributed by atoms with van der Waals surface area (Å²) in [6.07, 6.45) is -3.17. The molecule has 2 aromatic rings. The molecular weight excluding hydrogens is 509 g/mol. The maximum Gasteiger partial charge on any atom is 0.394 e. The van der Waals surface area contributed by atoms with Gasteiger partial charge in [-0.15, -0.1) is 0 Å². The Bertz CT molecular complexity index is 1140. The lowest BCUT2D eigenvalue weighted by Crippen LogP contribution is -2.48. The molecule has 1 fully saturated rings. The smallest absolute Gasteiger partial charge is 0.338 e. The van der Waals surface area contributed by atoms with Crippen molar-refractivity contribution in [3.63, 3.8) is 0 Å². The second kappa shape index (κ2) is 13.1. The van der Waals surface area contributed by atoms with Gasteiger partial charge in [0.2, 0.25) is 0 Å². The summed E-state index contributed by atoms with van der Waals surface area (Å²) in [5.74, 6) is -0.624. The number of piperazine rings is 1. The molecule has 0 saturated carbocycles. The van der Waals surface area contributed by atoms with E-state index in [1.54, 1.807) is 47.4 Å². The zero-order chi connectivity index (χ0) is 28.6. The van der Waals surface area contributed by atoms with E-state index in [1.807, 2.05) is 13.0 Å². The molecule has 3 amide bonds. The monoisotopic (exact) mass is 546 g/mol. The van der Waals surface area contributed by atoms with Gasteiger partial charge in [0.05, 0.1) is 5.41 Å². The number of amides is 3. The van der Waals surface area contributed by atoms with Gasteiger partial charge in [0.15, 0.2) is 5.78 Å². The number of urea groups is 1. The Hall–Kier alpha value is -3.40. The number of benzene rings is 2. The Morgan fingerprint density at radius 1 is 0.923 bits per heavy atom. The third-order valence-corrected chi connectivity index (χ3v) is 6.89. The molecule has 0 unspecified atom stereocenters. The van der Waals surface area contributed by atoms with E-state index in [2.05, 4.69) is 15.5 Å². The number of halogens is 3. The zero-order valence-electron chi connectivity index (χ0n) is 22.7. The van der Waals surface area contributed by atoms with Gasteiger partial charge in [0, 0.05) is 62.5 Å². The zero-order valence-corrected chi connectivity index (χ0v) is 22.7. The van der Waals surface area contributed by atoms with Crippen LogP contribution in [0.3, 0.4) is 0 Å². The number of rotatable bonds is 10. The summed E-state index contributed by atoms with van der Waals surface area (Å²) >= 11 is 0. The first-order chi connectivity index (χ1) is 18.4. The molecule has 0 aliphatic carbocycles. The third-order valence-electron chi connectivity index (χ3n) is 6.89. The number of alkyl halides is 3. The van der Waals surface area contributed by atoms with Crippen LogP contribution in [0.5, 0.6) is 0 Å². The number of hydrogen-bond donors (Lipinski definition) is 2. The summed E-state index contributed by atoms with van der Waals surface area (Å²) in [5, 5.41) is 5.53. The molecule has 2 N–H and O–H groups in total. The van der Waals surface area contributed by atoms with E-state index in [4.69, 9.17) is 0 Å². The van der Waals surface area contributed by atoms with Gasteiger partial charge in [-0.3, -0.25) is 14.5 Å². The van der Waals surface area contributed by atoms with E-state index in [0.29, 0.717) is 50.5 Å². The normalized spacial score (nSPS) is 14.7. The molecule has 10 heteroatoms. The Labute approximate surface area is 227 Å². The molecule has 1 aliphatic heterocycles. The number of carbonyl (C=O) groups excluding carboxylic acids is 3. The molecular formula is C29H37F3N4O3. The summed E-state index contributed by atoms with van der Waals surface area (Å²) in [7, 11) is 0. The molecule has 39 heavy (non-hydrogen) atoms. The molecule has 0 atom stereocenters. The van der Waals surface area contributed by atoms with Crippen molar-refractivity contribution < 1.29 is 27.6 Å². The van der Waals surface area contributed by atoms with E-state index in [-0.39, 0.29) is 17.5 Å². The van der Waals surface area contributed by atoms with E-state index in [0.717, 1.165) is 32.3 Å². The van der Waals surface area contributed by atoms with Crippen molar-refractivity contribution >= 4 is 23.4 Å². The van der Waals surface area contributed by atoms with E-state index >= 15 is 0 Å². The quantitative estimate of drug-likeness (QED) is 0.295. The molecule has 212 valence electrons. The van der Waals surface area contributed by atoms with Crippen LogP contribution in [0, 0.1) is 5.41 Å². The average molecular weight is 547 g/mol. The lowest BCUT2D eigenvalue weighted by atomic mass is 9.84. The van der Waals surface area contributed by atoms with Gasteiger partial charge in [-0.05, 0) is 42.3 Å². The standard InChI is InChI=1S/C29H37F3N4O3/c1-4-5-13-33-27(39)34-24-11-9-22(10-12-24)26(38)36-16-14-35(15-17-36)20-21-7-6-8-23(18-21)25(37)19-28(2,3)29(30,31)32/h6-12,18H,4-5,13-17,19-20H2,1-3H3,(H2,33,34,39). The number of nitrogens with one attached hydrogen (secondary N) is 2. The fraction of sp³-hybridized carbons (Fsp3) is 0.483. The second-order valence-electron chi connectivity index (χ2n) is 10.6. The number of carbonyl (C=O) groups is 3. The summed E-state index contributed by atoms with van der Waals surface area (Å²) in [6, 6.07) is 13.3. The van der Waals surface area contributed by atoms with E-state index < -0.39 is 23.8 Å². The molecule has 3 rings (SSSR count). The van der Waals surface area contributed by atoms with Crippen LogP contribution in [-0.2, 0) is 6.54 Å². The highest BCUT2D eigenvalue weighted by molar-refractivity contribution is 5.97. The molecule has 0 spiro atoms. The number of hydrogen-bond acceptors (Lipinski definition) is 4. The van der Waals surface area contributed by atoms with E-state index in [1.165, 1.54) is 0 Å². The predicted octanol–water partition coefficient (Wildman–Crippen LogP) is 5.73. The number of Topliss-reactive ketones (excluding diaryl/α,β-unsaturated/α-hetero) is 1. The Kier molecular flexibility index (Phi) is 10.1. The van der Waals surface area contributed by atoms with E-state index in [9.17, 15) is 27.6 Å². The van der Waals surface area contributed by atoms with Gasteiger partial charge in [0.25, 0.3) is 5.91 Å². The van der Waals surface area contributed by atoms with Crippen LogP contribution < -0.4 is 10.6 Å². The van der Waals surface area contributed by atoms with Gasteiger partial charge < -0.3 is 15.5 Å². The maximum atomic E-state index is 13.2. The third kappa shape index (κ3) is 8.54. The number of anilines is 1. The molecule has 2 aromatic carbocycles. The minimum Gasteiger partial charge on any atom is -0.338 e. The fourth-order valence-corrected chi connectivity index (χ4v) is 4.25. The van der Waals surface area contributed by atoms with Gasteiger partial charge >= 0.3 is 12.2 Å². The summed E-state index contributed by atoms with van der Waals surface area (Å²) in [6.45, 7) is 7.57. The first-order valence-electron chi connectivity index (χ1n) is 13.2. The maximum absolute atomic E-state index is 13.2. The Morgan fingerprint density at radius 2 is 1.59 bits per heavy atom. The van der Waals surface area contributed by atoms with Crippen LogP contribution in [0.15, 0.2) is 48.5 Å². The van der Waals surface area contributed by atoms with Gasteiger partial charge in [-0.25, -0.2) is 4.79 Å². The van der Waals surface area contributed by atoms with Crippen LogP contribution >= 0.6 is 0 Å². The van der Waals surface area contributed by atoms with Crippen molar-refractivity contribution in [2.45, 2.75) is 52.8 Å². The molecule has 1 aliphatic rings. The largest absolute Gasteiger partial charge is 0.394 e.